The molecule has 0 radical (unpaired) electrons. The van der Waals surface area contributed by atoms with Crippen molar-refractivity contribution in [3.8, 4) is 0 Å². The molecule has 0 aliphatic carbocycles. The molecule has 0 aliphatic rings. The molecular formula is C86H160N8O2. The number of nitrogens with one attached hydrogen (secondary N) is 2. The largest absolute Gasteiger partial charge is 0.370 e. The number of anilines is 2. The Morgan fingerprint density at radius 2 is 0.417 bits per heavy atom. The molecule has 0 saturated carbocycles. The Morgan fingerprint density at radius 3 is 0.583 bits per heavy atom. The zero-order chi connectivity index (χ0) is 68.3. The first-order valence-corrected chi connectivity index (χ1v) is 43.0. The predicted molar refractivity (Wildman–Crippen MR) is 423 cm³/mol. The van der Waals surface area contributed by atoms with Crippen molar-refractivity contribution in [2.75, 3.05) is 37.0 Å². The Bertz CT molecular complexity index is 2190. The zero-order valence-corrected chi connectivity index (χ0v) is 64.5. The number of H-pyrrole nitrogens is 2. The summed E-state index contributed by atoms with van der Waals surface area (Å²) in [5.41, 5.74) is 3.30. The van der Waals surface area contributed by atoms with E-state index in [1.807, 2.05) is 12.4 Å². The third-order valence-electron chi connectivity index (χ3n) is 21.3. The Labute approximate surface area is 593 Å². The molecular weight excluding hydrogens is 1180 g/mol. The highest BCUT2D eigenvalue weighted by Crippen LogP contribution is 2.23. The van der Waals surface area contributed by atoms with Crippen molar-refractivity contribution in [2.45, 2.75) is 450 Å². The van der Waals surface area contributed by atoms with Gasteiger partial charge < -0.3 is 9.80 Å². The molecule has 0 aliphatic heterocycles. The van der Waals surface area contributed by atoms with E-state index in [9.17, 15) is 9.59 Å². The van der Waals surface area contributed by atoms with Crippen LogP contribution in [-0.2, 0) is 0 Å². The van der Waals surface area contributed by atoms with Crippen LogP contribution in [0.1, 0.15) is 450 Å². The van der Waals surface area contributed by atoms with E-state index in [2.05, 4.69) is 57.9 Å². The van der Waals surface area contributed by atoms with Crippen LogP contribution in [0.5, 0.6) is 0 Å². The van der Waals surface area contributed by atoms with Crippen LogP contribution < -0.4 is 20.9 Å². The molecule has 0 bridgehead atoms. The van der Waals surface area contributed by atoms with Crippen LogP contribution in [0, 0.1) is 0 Å². The molecule has 0 unspecified atom stereocenters. The maximum absolute atomic E-state index is 11.9. The second kappa shape index (κ2) is 66.0. The summed E-state index contributed by atoms with van der Waals surface area (Å²) in [6.07, 6.45) is 105. The van der Waals surface area contributed by atoms with Gasteiger partial charge in [0.05, 0.1) is 11.4 Å². The lowest BCUT2D eigenvalue weighted by molar-refractivity contribution is 0.511. The number of nitrogens with zero attached hydrogens (tertiary/aromatic N) is 6. The van der Waals surface area contributed by atoms with E-state index in [0.717, 1.165) is 24.5 Å². The molecule has 0 fully saturated rings. The maximum atomic E-state index is 11.9. The first-order valence-electron chi connectivity index (χ1n) is 43.0. The summed E-state index contributed by atoms with van der Waals surface area (Å²) in [6, 6.07) is 2.97. The molecule has 0 atom stereocenters. The third-order valence-corrected chi connectivity index (χ3v) is 21.3. The predicted octanol–water partition coefficient (Wildman–Crippen LogP) is 27.5. The van der Waals surface area contributed by atoms with Gasteiger partial charge in [-0.15, -0.1) is 0 Å². The Morgan fingerprint density at radius 1 is 0.260 bits per heavy atom. The molecule has 0 spiro atoms. The zero-order valence-electron chi connectivity index (χ0n) is 64.5. The fourth-order valence-electron chi connectivity index (χ4n) is 14.8. The van der Waals surface area contributed by atoms with Crippen LogP contribution in [0.15, 0.2) is 46.5 Å². The van der Waals surface area contributed by atoms with Crippen molar-refractivity contribution in [3.05, 3.63) is 57.6 Å². The fraction of sp³-hybridized carbons (Fsp3) is 0.860. The summed E-state index contributed by atoms with van der Waals surface area (Å²) < 4.78 is 3.02. The van der Waals surface area contributed by atoms with Gasteiger partial charge in [-0.05, 0) is 12.8 Å². The van der Waals surface area contributed by atoms with Gasteiger partial charge in [-0.1, -0.05) is 438 Å². The van der Waals surface area contributed by atoms with Crippen LogP contribution >= 0.6 is 0 Å². The Balaban J connectivity index is 0.000000500. The number of rotatable bonds is 72. The molecule has 10 heteroatoms. The van der Waals surface area contributed by atoms with Crippen molar-refractivity contribution in [1.29, 1.82) is 0 Å². The van der Waals surface area contributed by atoms with Crippen molar-refractivity contribution >= 4 is 22.7 Å². The van der Waals surface area contributed by atoms with Crippen LogP contribution in [0.4, 0.5) is 11.4 Å². The highest BCUT2D eigenvalue weighted by atomic mass is 16.1. The topological polar surface area (TPSA) is 107 Å². The van der Waals surface area contributed by atoms with E-state index >= 15 is 0 Å². The molecule has 556 valence electrons. The quantitative estimate of drug-likeness (QED) is 0.0427. The molecule has 4 aromatic heterocycles. The molecule has 4 heterocycles. The SMILES string of the molecule is CCCCCCCCCCCCCCCCCCCCCCCCCCCCCCCCCCCCN(C)c1c[nH]n2c(=O)ccnc12.CCCCCCCCCCCCCCCCCCCCCCCCCCCCCCCCCCCCN(C)c1c[nH]n2c(=O)ccnc12. The molecule has 0 aromatic carbocycles. The van der Waals surface area contributed by atoms with Crippen molar-refractivity contribution in [1.82, 2.24) is 29.2 Å². The number of hydrogen-bond acceptors (Lipinski definition) is 6. The van der Waals surface area contributed by atoms with Crippen LogP contribution in [-0.4, -0.2) is 56.4 Å². The number of aromatic amines is 2. The fourth-order valence-corrected chi connectivity index (χ4v) is 14.8. The second-order valence-corrected chi connectivity index (χ2v) is 30.4. The molecule has 0 amide bonds. The van der Waals surface area contributed by atoms with E-state index in [0.29, 0.717) is 11.3 Å². The molecule has 4 rings (SSSR count). The average molecular weight is 1340 g/mol. The van der Waals surface area contributed by atoms with Gasteiger partial charge in [-0.25, -0.2) is 9.97 Å². The summed E-state index contributed by atoms with van der Waals surface area (Å²) in [4.78, 5) is 37.0. The number of aromatic nitrogens is 6. The minimum absolute atomic E-state index is 0.0638. The summed E-state index contributed by atoms with van der Waals surface area (Å²) in [5.74, 6) is 0. The minimum atomic E-state index is -0.0638. The molecule has 2 N–H and O–H groups in total. The third kappa shape index (κ3) is 48.3. The summed E-state index contributed by atoms with van der Waals surface area (Å²) in [5, 5.41) is 6.03. The first kappa shape index (κ1) is 86.7. The summed E-state index contributed by atoms with van der Waals surface area (Å²) >= 11 is 0. The maximum Gasteiger partial charge on any atom is 0.272 e. The van der Waals surface area contributed by atoms with E-state index in [1.54, 1.807) is 12.4 Å². The smallest absolute Gasteiger partial charge is 0.272 e. The lowest BCUT2D eigenvalue weighted by atomic mass is 10.0. The van der Waals surface area contributed by atoms with Crippen molar-refractivity contribution in [2.24, 2.45) is 0 Å². The lowest BCUT2D eigenvalue weighted by Gasteiger charge is -2.17. The van der Waals surface area contributed by atoms with Crippen molar-refractivity contribution in [3.63, 3.8) is 0 Å². The van der Waals surface area contributed by atoms with E-state index in [4.69, 9.17) is 0 Å². The molecule has 0 saturated heterocycles. The van der Waals surface area contributed by atoms with E-state index in [1.165, 1.54) is 458 Å². The summed E-state index contributed by atoms with van der Waals surface area (Å²) in [6.45, 7) is 6.61. The van der Waals surface area contributed by atoms with Gasteiger partial charge in [0.25, 0.3) is 11.1 Å². The van der Waals surface area contributed by atoms with Gasteiger partial charge in [0, 0.05) is 64.1 Å². The average Bonchev–Trinajstić information content (AvgIpc) is 1.67. The van der Waals surface area contributed by atoms with Crippen LogP contribution in [0.3, 0.4) is 0 Å². The van der Waals surface area contributed by atoms with Crippen LogP contribution in [0.2, 0.25) is 0 Å². The van der Waals surface area contributed by atoms with Gasteiger partial charge in [-0.3, -0.25) is 19.8 Å². The monoisotopic (exact) mass is 1340 g/mol. The number of hydrogen-bond donors (Lipinski definition) is 2. The molecule has 4 aromatic rings. The summed E-state index contributed by atoms with van der Waals surface area (Å²) in [7, 11) is 4.18. The minimum Gasteiger partial charge on any atom is -0.370 e. The second-order valence-electron chi connectivity index (χ2n) is 30.4. The van der Waals surface area contributed by atoms with Crippen LogP contribution in [0.25, 0.3) is 11.3 Å². The highest BCUT2D eigenvalue weighted by molar-refractivity contribution is 5.68. The van der Waals surface area contributed by atoms with Gasteiger partial charge in [0.2, 0.25) is 0 Å². The Kier molecular flexibility index (Phi) is 59.6. The standard InChI is InChI=1S/2C43H80N4O/c2*1-3-4-5-6-7-8-9-10-11-12-13-14-15-16-17-18-19-20-21-22-23-24-25-26-27-28-29-30-31-32-33-34-35-36-39-46(2)41-40-45-47-42(48)37-38-44-43(41)47/h2*37-38,40,45H,3-36,39H2,1-2H3. The number of unbranched alkanes of at least 4 members (excludes halogenated alkanes) is 66. The van der Waals surface area contributed by atoms with Gasteiger partial charge in [-0.2, -0.15) is 9.03 Å². The van der Waals surface area contributed by atoms with Gasteiger partial charge in [0.1, 0.15) is 0 Å². The first-order chi connectivity index (χ1) is 47.5. The highest BCUT2D eigenvalue weighted by Gasteiger charge is 2.12. The normalized spacial score (nSPS) is 11.6. The van der Waals surface area contributed by atoms with E-state index in [-0.39, 0.29) is 11.1 Å². The van der Waals surface area contributed by atoms with E-state index < -0.39 is 0 Å². The number of fused-ring (bicyclic) bond motifs is 2. The molecule has 96 heavy (non-hydrogen) atoms. The molecule has 10 nitrogen and oxygen atoms in total. The van der Waals surface area contributed by atoms with Gasteiger partial charge >= 0.3 is 0 Å². The van der Waals surface area contributed by atoms with Gasteiger partial charge in [0.15, 0.2) is 11.3 Å². The lowest BCUT2D eigenvalue weighted by Crippen LogP contribution is -2.19. The van der Waals surface area contributed by atoms with Crippen molar-refractivity contribution < 1.29 is 0 Å². The Hall–Kier alpha value is -3.56.